The maximum atomic E-state index is 13.2. The summed E-state index contributed by atoms with van der Waals surface area (Å²) in [5.74, 6) is -0.244. The van der Waals surface area contributed by atoms with Crippen LogP contribution >= 0.6 is 15.9 Å². The molecule has 1 aromatic heterocycles. The number of allylic oxidation sites excluding steroid dienone is 2. The Hall–Kier alpha value is -1.53. The molecule has 4 rings (SSSR count). The number of halogens is 1. The summed E-state index contributed by atoms with van der Waals surface area (Å²) in [6, 6.07) is 3.67. The van der Waals surface area contributed by atoms with E-state index >= 15 is 0 Å². The second-order valence-electron chi connectivity index (χ2n) is 7.40. The zero-order valence-corrected chi connectivity index (χ0v) is 16.6. The van der Waals surface area contributed by atoms with E-state index in [1.54, 1.807) is 6.07 Å². The number of carbonyl (C=O) groups is 2. The highest BCUT2D eigenvalue weighted by Gasteiger charge is 2.35. The van der Waals surface area contributed by atoms with Crippen LogP contribution in [0.1, 0.15) is 65.1 Å². The molecule has 0 unspecified atom stereocenters. The van der Waals surface area contributed by atoms with Crippen LogP contribution < -0.4 is 0 Å². The molecule has 2 fully saturated rings. The van der Waals surface area contributed by atoms with Crippen LogP contribution in [0, 0.1) is 0 Å². The first-order chi connectivity index (χ1) is 12.6. The summed E-state index contributed by atoms with van der Waals surface area (Å²) in [7, 11) is 0. The molecule has 0 N–H and O–H groups in total. The van der Waals surface area contributed by atoms with Crippen molar-refractivity contribution in [3.05, 3.63) is 39.3 Å². The maximum absolute atomic E-state index is 13.2. The SMILES string of the molecule is O=C1C(Br)=C(N2CCCCC2)C(=O)c2nc(CN3CCCCC3)ccc21. The van der Waals surface area contributed by atoms with Gasteiger partial charge in [0.15, 0.2) is 0 Å². The van der Waals surface area contributed by atoms with Crippen molar-refractivity contribution in [3.63, 3.8) is 0 Å². The topological polar surface area (TPSA) is 53.5 Å². The van der Waals surface area contributed by atoms with Gasteiger partial charge in [0.25, 0.3) is 0 Å². The van der Waals surface area contributed by atoms with Crippen molar-refractivity contribution >= 4 is 27.5 Å². The number of ketones is 2. The standard InChI is InChI=1S/C20H24BrN3O2/c21-16-18(24-11-5-2-6-12-24)20(26)17-15(19(16)25)8-7-14(22-17)13-23-9-3-1-4-10-23/h7-8H,1-6,9-13H2. The molecule has 138 valence electrons. The van der Waals surface area contributed by atoms with E-state index in [0.717, 1.165) is 51.3 Å². The lowest BCUT2D eigenvalue weighted by Crippen LogP contribution is -2.37. The summed E-state index contributed by atoms with van der Waals surface area (Å²) in [6.07, 6.45) is 7.02. The first-order valence-electron chi connectivity index (χ1n) is 9.61. The van der Waals surface area contributed by atoms with Gasteiger partial charge in [-0.1, -0.05) is 6.42 Å². The maximum Gasteiger partial charge on any atom is 0.229 e. The minimum atomic E-state index is -0.128. The largest absolute Gasteiger partial charge is 0.367 e. The Labute approximate surface area is 162 Å². The zero-order valence-electron chi connectivity index (χ0n) is 15.0. The van der Waals surface area contributed by atoms with Crippen molar-refractivity contribution in [2.75, 3.05) is 26.2 Å². The van der Waals surface area contributed by atoms with E-state index in [4.69, 9.17) is 0 Å². The van der Waals surface area contributed by atoms with Crippen LogP contribution in [0.2, 0.25) is 0 Å². The van der Waals surface area contributed by atoms with Crippen LogP contribution in [0.4, 0.5) is 0 Å². The van der Waals surface area contributed by atoms with Crippen molar-refractivity contribution < 1.29 is 9.59 Å². The molecule has 0 atom stereocenters. The van der Waals surface area contributed by atoms with E-state index in [9.17, 15) is 9.59 Å². The summed E-state index contributed by atoms with van der Waals surface area (Å²) < 4.78 is 0.391. The fraction of sp³-hybridized carbons (Fsp3) is 0.550. The number of carbonyl (C=O) groups excluding carboxylic acids is 2. The number of fused-ring (bicyclic) bond motifs is 1. The van der Waals surface area contributed by atoms with Crippen LogP contribution in [-0.4, -0.2) is 52.5 Å². The van der Waals surface area contributed by atoms with Crippen molar-refractivity contribution in [3.8, 4) is 0 Å². The predicted octanol–water partition coefficient (Wildman–Crippen LogP) is 3.54. The van der Waals surface area contributed by atoms with E-state index in [1.807, 2.05) is 6.07 Å². The van der Waals surface area contributed by atoms with E-state index in [0.29, 0.717) is 21.4 Å². The molecule has 0 spiro atoms. The van der Waals surface area contributed by atoms with E-state index < -0.39 is 0 Å². The normalized spacial score (nSPS) is 22.0. The van der Waals surface area contributed by atoms with Gasteiger partial charge in [-0.2, -0.15) is 0 Å². The van der Waals surface area contributed by atoms with Gasteiger partial charge in [-0.3, -0.25) is 14.5 Å². The van der Waals surface area contributed by atoms with Gasteiger partial charge < -0.3 is 4.90 Å². The molecule has 0 aromatic carbocycles. The number of likely N-dealkylation sites (tertiary alicyclic amines) is 2. The lowest BCUT2D eigenvalue weighted by atomic mass is 9.95. The van der Waals surface area contributed by atoms with Crippen molar-refractivity contribution in [2.24, 2.45) is 0 Å². The number of nitrogens with zero attached hydrogens (tertiary/aromatic N) is 3. The Morgan fingerprint density at radius 1 is 0.885 bits per heavy atom. The van der Waals surface area contributed by atoms with Gasteiger partial charge >= 0.3 is 0 Å². The molecular formula is C20H24BrN3O2. The summed E-state index contributed by atoms with van der Waals surface area (Å²) in [4.78, 5) is 35.0. The third-order valence-corrected chi connectivity index (χ3v) is 6.28. The molecule has 1 aliphatic carbocycles. The van der Waals surface area contributed by atoms with Gasteiger partial charge in [0, 0.05) is 19.6 Å². The molecule has 3 heterocycles. The highest BCUT2D eigenvalue weighted by Crippen LogP contribution is 2.32. The second-order valence-corrected chi connectivity index (χ2v) is 8.20. The Kier molecular flexibility index (Phi) is 5.23. The molecular weight excluding hydrogens is 394 g/mol. The number of aromatic nitrogens is 1. The number of pyridine rings is 1. The van der Waals surface area contributed by atoms with Crippen LogP contribution in [0.3, 0.4) is 0 Å². The molecule has 0 bridgehead atoms. The molecule has 5 nitrogen and oxygen atoms in total. The molecule has 6 heteroatoms. The number of piperidine rings is 2. The summed E-state index contributed by atoms with van der Waals surface area (Å²) in [5.41, 5.74) is 2.13. The van der Waals surface area contributed by atoms with Crippen LogP contribution in [-0.2, 0) is 6.54 Å². The first-order valence-corrected chi connectivity index (χ1v) is 10.4. The Bertz CT molecular complexity index is 762. The fourth-order valence-electron chi connectivity index (χ4n) is 4.13. The Balaban J connectivity index is 1.63. The fourth-order valence-corrected chi connectivity index (χ4v) is 4.77. The van der Waals surface area contributed by atoms with E-state index in [2.05, 4.69) is 30.7 Å². The lowest BCUT2D eigenvalue weighted by Gasteiger charge is -2.32. The number of rotatable bonds is 3. The van der Waals surface area contributed by atoms with Gasteiger partial charge in [0.05, 0.1) is 15.7 Å². The summed E-state index contributed by atoms with van der Waals surface area (Å²) >= 11 is 3.40. The average molecular weight is 418 g/mol. The first kappa shape index (κ1) is 17.9. The molecule has 1 aromatic rings. The van der Waals surface area contributed by atoms with Gasteiger partial charge in [-0.05, 0) is 73.3 Å². The zero-order chi connectivity index (χ0) is 18.1. The van der Waals surface area contributed by atoms with E-state index in [-0.39, 0.29) is 11.6 Å². The predicted molar refractivity (Wildman–Crippen MR) is 103 cm³/mol. The van der Waals surface area contributed by atoms with E-state index in [1.165, 1.54) is 25.7 Å². The number of hydrogen-bond donors (Lipinski definition) is 0. The number of Topliss-reactive ketones (excluding diaryl/α,β-unsaturated/α-hetero) is 2. The van der Waals surface area contributed by atoms with Crippen molar-refractivity contribution in [1.82, 2.24) is 14.8 Å². The molecule has 0 saturated carbocycles. The Morgan fingerprint density at radius 3 is 2.23 bits per heavy atom. The minimum absolute atomic E-state index is 0.117. The smallest absolute Gasteiger partial charge is 0.229 e. The molecule has 3 aliphatic rings. The van der Waals surface area contributed by atoms with Crippen LogP contribution in [0.15, 0.2) is 22.3 Å². The average Bonchev–Trinajstić information content (AvgIpc) is 2.68. The second kappa shape index (κ2) is 7.61. The monoisotopic (exact) mass is 417 g/mol. The van der Waals surface area contributed by atoms with Gasteiger partial charge in [-0.15, -0.1) is 0 Å². The molecule has 26 heavy (non-hydrogen) atoms. The third-order valence-electron chi connectivity index (χ3n) is 5.54. The summed E-state index contributed by atoms with van der Waals surface area (Å²) in [6.45, 7) is 4.56. The molecule has 2 aliphatic heterocycles. The minimum Gasteiger partial charge on any atom is -0.367 e. The molecule has 0 amide bonds. The molecule has 0 radical (unpaired) electrons. The van der Waals surface area contributed by atoms with Gasteiger partial charge in [0.2, 0.25) is 11.6 Å². The molecule has 2 saturated heterocycles. The number of hydrogen-bond acceptors (Lipinski definition) is 5. The van der Waals surface area contributed by atoms with Crippen molar-refractivity contribution in [1.29, 1.82) is 0 Å². The van der Waals surface area contributed by atoms with Crippen molar-refractivity contribution in [2.45, 2.75) is 45.1 Å². The quantitative estimate of drug-likeness (QED) is 0.752. The highest BCUT2D eigenvalue weighted by molar-refractivity contribution is 9.12. The summed E-state index contributed by atoms with van der Waals surface area (Å²) in [5, 5.41) is 0. The lowest BCUT2D eigenvalue weighted by molar-refractivity contribution is 0.0936. The highest BCUT2D eigenvalue weighted by atomic mass is 79.9. The van der Waals surface area contributed by atoms with Gasteiger partial charge in [0.1, 0.15) is 11.4 Å². The van der Waals surface area contributed by atoms with Gasteiger partial charge in [-0.25, -0.2) is 4.98 Å². The Morgan fingerprint density at radius 2 is 1.54 bits per heavy atom. The van der Waals surface area contributed by atoms with Crippen LogP contribution in [0.5, 0.6) is 0 Å². The van der Waals surface area contributed by atoms with Crippen LogP contribution in [0.25, 0.3) is 0 Å². The third kappa shape index (κ3) is 3.37.